The molecule has 2 amide bonds. The third-order valence-corrected chi connectivity index (χ3v) is 8.43. The second kappa shape index (κ2) is 21.6. The first kappa shape index (κ1) is 49.6. The first-order valence-corrected chi connectivity index (χ1v) is 17.7. The third-order valence-electron chi connectivity index (χ3n) is 8.15. The van der Waals surface area contributed by atoms with Crippen molar-refractivity contribution in [3.05, 3.63) is 89.1 Å². The number of amides is 2. The van der Waals surface area contributed by atoms with Crippen molar-refractivity contribution >= 4 is 70.2 Å². The highest BCUT2D eigenvalue weighted by molar-refractivity contribution is 6.32. The zero-order valence-corrected chi connectivity index (χ0v) is 32.0. The van der Waals surface area contributed by atoms with E-state index in [1.807, 2.05) is 35.4 Å². The summed E-state index contributed by atoms with van der Waals surface area (Å²) in [6, 6.07) is 11.3. The molecule has 26 heteroatoms. The fourth-order valence-electron chi connectivity index (χ4n) is 5.23. The maximum Gasteiger partial charge on any atom is 0.490 e. The van der Waals surface area contributed by atoms with Crippen molar-refractivity contribution in [2.75, 3.05) is 29.0 Å². The predicted octanol–water partition coefficient (Wildman–Crippen LogP) is 7.29. The number of anilines is 5. The number of piperidine rings is 1. The number of aromatic nitrogens is 4. The van der Waals surface area contributed by atoms with Crippen molar-refractivity contribution in [2.24, 2.45) is 5.92 Å². The molecule has 2 aliphatic heterocycles. The fraction of sp³-hybridized carbons (Fsp3) is 0.306. The molecule has 3 aromatic heterocycles. The number of aryl methyl sites for hydroxylation is 2. The number of nitrogens with zero attached hydrogens (tertiary/aromatic N) is 5. The number of benzene rings is 1. The molecule has 0 radical (unpaired) electrons. The van der Waals surface area contributed by atoms with Gasteiger partial charge in [-0.1, -0.05) is 11.6 Å². The predicted molar refractivity (Wildman–Crippen MR) is 199 cm³/mol. The Bertz CT molecular complexity index is 2150. The van der Waals surface area contributed by atoms with E-state index in [0.717, 1.165) is 47.5 Å². The van der Waals surface area contributed by atoms with Crippen molar-refractivity contribution in [1.82, 2.24) is 24.8 Å². The Balaban J connectivity index is 0.000000403. The normalized spacial score (nSPS) is 13.7. The quantitative estimate of drug-likeness (QED) is 0.110. The molecule has 2 aliphatic rings. The number of carbonyl (C=O) groups excluding carboxylic acids is 2. The van der Waals surface area contributed by atoms with Gasteiger partial charge in [0.15, 0.2) is 5.82 Å². The van der Waals surface area contributed by atoms with E-state index < -0.39 is 36.4 Å². The number of carboxylic acid groups (broad SMARTS) is 3. The van der Waals surface area contributed by atoms with E-state index in [0.29, 0.717) is 48.3 Å². The van der Waals surface area contributed by atoms with Gasteiger partial charge in [0.25, 0.3) is 5.91 Å². The van der Waals surface area contributed by atoms with Crippen LogP contribution in [0, 0.1) is 5.92 Å². The second-order valence-corrected chi connectivity index (χ2v) is 13.1. The maximum absolute atomic E-state index is 13.1. The monoisotopic (exact) mass is 910 g/mol. The summed E-state index contributed by atoms with van der Waals surface area (Å²) in [5, 5.41) is 31.4. The second-order valence-electron chi connectivity index (χ2n) is 12.7. The number of rotatable bonds is 4. The number of nitrogens with one attached hydrogen (secondary N) is 3. The van der Waals surface area contributed by atoms with Gasteiger partial charge in [0.1, 0.15) is 5.02 Å². The minimum absolute atomic E-state index is 0.0139. The van der Waals surface area contributed by atoms with Crippen molar-refractivity contribution in [3.8, 4) is 0 Å². The smallest absolute Gasteiger partial charge is 0.475 e. The zero-order chi connectivity index (χ0) is 46.4. The van der Waals surface area contributed by atoms with Crippen LogP contribution in [-0.2, 0) is 32.0 Å². The number of halogens is 10. The molecule has 0 saturated carbocycles. The van der Waals surface area contributed by atoms with Gasteiger partial charge in [-0.05, 0) is 79.1 Å². The maximum atomic E-state index is 13.1. The molecule has 0 spiro atoms. The average Bonchev–Trinajstić information content (AvgIpc) is 3.19. The standard InChI is InChI=1S/C30H29ClN8O2.3C2HF3O2/c31-25-18-34-30-36-24-13-20(16-33-17-24)1-2-22-15-23(35-28(25)38-30)3-4-26(22)37-27(40)14-19-7-11-39(12-8-19)29(41)21-5-9-32-10-6-21;3*3-2(4,5)1(6)7/h3-6,9-10,13,15-19H,1-2,7-8,11-12,14H2,(H,37,40)(H2,34,35,36,38);3*(H,6,7). The highest BCUT2D eigenvalue weighted by atomic mass is 35.5. The number of hydrogen-bond donors (Lipinski definition) is 6. The van der Waals surface area contributed by atoms with Crippen LogP contribution in [0.15, 0.2) is 67.4 Å². The van der Waals surface area contributed by atoms with Crippen molar-refractivity contribution in [1.29, 1.82) is 0 Å². The van der Waals surface area contributed by atoms with E-state index in [9.17, 15) is 49.1 Å². The summed E-state index contributed by atoms with van der Waals surface area (Å²) in [6.07, 6.45) is -3.46. The summed E-state index contributed by atoms with van der Waals surface area (Å²) in [4.78, 5) is 71.6. The van der Waals surface area contributed by atoms with E-state index in [1.54, 1.807) is 36.9 Å². The molecule has 6 bridgehead atoms. The van der Waals surface area contributed by atoms with E-state index in [2.05, 4.69) is 35.9 Å². The summed E-state index contributed by atoms with van der Waals surface area (Å²) in [6.45, 7) is 1.28. The summed E-state index contributed by atoms with van der Waals surface area (Å²) in [5.41, 5.74) is 5.04. The first-order chi connectivity index (χ1) is 28.8. The van der Waals surface area contributed by atoms with E-state index in [1.165, 1.54) is 0 Å². The summed E-state index contributed by atoms with van der Waals surface area (Å²) >= 11 is 6.37. The molecule has 334 valence electrons. The topological polar surface area (TPSA) is 237 Å². The minimum Gasteiger partial charge on any atom is -0.475 e. The van der Waals surface area contributed by atoms with Crippen LogP contribution in [0.3, 0.4) is 0 Å². The van der Waals surface area contributed by atoms with Crippen molar-refractivity contribution < 1.29 is 78.8 Å². The lowest BCUT2D eigenvalue weighted by molar-refractivity contribution is -0.193. The van der Waals surface area contributed by atoms with Crippen LogP contribution in [0.25, 0.3) is 0 Å². The van der Waals surface area contributed by atoms with Gasteiger partial charge < -0.3 is 36.2 Å². The molecule has 0 unspecified atom stereocenters. The third kappa shape index (κ3) is 16.3. The molecule has 4 aromatic rings. The van der Waals surface area contributed by atoms with Crippen molar-refractivity contribution in [3.63, 3.8) is 0 Å². The Morgan fingerprint density at radius 3 is 1.85 bits per heavy atom. The van der Waals surface area contributed by atoms with Crippen LogP contribution in [0.2, 0.25) is 5.02 Å². The van der Waals surface area contributed by atoms with Crippen LogP contribution in [-0.4, -0.2) is 101 Å². The molecule has 1 fully saturated rings. The molecule has 1 saturated heterocycles. The number of likely N-dealkylation sites (tertiary alicyclic amines) is 1. The van der Waals surface area contributed by atoms with Gasteiger partial charge in [0.05, 0.1) is 18.1 Å². The van der Waals surface area contributed by atoms with Gasteiger partial charge in [-0.25, -0.2) is 19.4 Å². The van der Waals surface area contributed by atoms with E-state index >= 15 is 0 Å². The molecule has 1 aromatic carbocycles. The van der Waals surface area contributed by atoms with E-state index in [-0.39, 0.29) is 17.7 Å². The molecule has 16 nitrogen and oxygen atoms in total. The Morgan fingerprint density at radius 2 is 1.31 bits per heavy atom. The molecule has 5 heterocycles. The van der Waals surface area contributed by atoms with Crippen LogP contribution >= 0.6 is 11.6 Å². The number of hydrogen-bond acceptors (Lipinski definition) is 11. The molecule has 0 aliphatic carbocycles. The molecular formula is C36H32ClF9N8O8. The summed E-state index contributed by atoms with van der Waals surface area (Å²) in [7, 11) is 0. The molecular weight excluding hydrogens is 879 g/mol. The molecule has 6 N–H and O–H groups in total. The zero-order valence-electron chi connectivity index (χ0n) is 31.3. The van der Waals surface area contributed by atoms with Crippen LogP contribution in [0.4, 0.5) is 68.3 Å². The first-order valence-electron chi connectivity index (χ1n) is 17.4. The molecule has 62 heavy (non-hydrogen) atoms. The van der Waals surface area contributed by atoms with Crippen LogP contribution in [0.5, 0.6) is 0 Å². The Labute approximate surface area is 348 Å². The Kier molecular flexibility index (Phi) is 17.3. The lowest BCUT2D eigenvalue weighted by Crippen LogP contribution is -2.39. The summed E-state index contributed by atoms with van der Waals surface area (Å²) in [5.74, 6) is -7.18. The van der Waals surface area contributed by atoms with Crippen molar-refractivity contribution in [2.45, 2.75) is 50.6 Å². The van der Waals surface area contributed by atoms with Gasteiger partial charge in [-0.3, -0.25) is 19.6 Å². The number of aliphatic carboxylic acids is 3. The highest BCUT2D eigenvalue weighted by Crippen LogP contribution is 2.30. The lowest BCUT2D eigenvalue weighted by atomic mass is 9.92. The van der Waals surface area contributed by atoms with Gasteiger partial charge >= 0.3 is 36.4 Å². The van der Waals surface area contributed by atoms with E-state index in [4.69, 9.17) is 41.3 Å². The number of carbonyl (C=O) groups is 5. The van der Waals surface area contributed by atoms with Crippen LogP contribution in [0.1, 0.15) is 40.7 Å². The lowest BCUT2D eigenvalue weighted by Gasteiger charge is -2.31. The van der Waals surface area contributed by atoms with Gasteiger partial charge in [0.2, 0.25) is 11.9 Å². The van der Waals surface area contributed by atoms with Gasteiger partial charge in [-0.15, -0.1) is 0 Å². The Hall–Kier alpha value is -6.79. The SMILES string of the molecule is O=C(CC1CCN(C(=O)c2ccncc2)CC1)Nc1ccc2cc1CCc1cncc(c1)Nc1ncc(Cl)c(n1)N2.O=C(O)C(F)(F)F.O=C(O)C(F)(F)F.O=C(O)C(F)(F)F. The number of pyridine rings is 2. The number of alkyl halides is 9. The Morgan fingerprint density at radius 1 is 0.742 bits per heavy atom. The minimum atomic E-state index is -5.08. The molecule has 0 atom stereocenters. The average molecular weight is 911 g/mol. The number of carboxylic acids is 3. The largest absolute Gasteiger partial charge is 0.490 e. The summed E-state index contributed by atoms with van der Waals surface area (Å²) < 4.78 is 95.2. The fourth-order valence-corrected chi connectivity index (χ4v) is 5.37. The van der Waals surface area contributed by atoms with Gasteiger partial charge in [-0.2, -0.15) is 44.5 Å². The number of fused-ring (bicyclic) bond motifs is 6. The molecule has 6 rings (SSSR count). The van der Waals surface area contributed by atoms with Crippen LogP contribution < -0.4 is 16.0 Å². The highest BCUT2D eigenvalue weighted by Gasteiger charge is 2.39. The van der Waals surface area contributed by atoms with Gasteiger partial charge in [0, 0.05) is 55.0 Å².